The van der Waals surface area contributed by atoms with Crippen molar-refractivity contribution in [3.63, 3.8) is 0 Å². The number of ether oxygens (including phenoxy) is 1. The monoisotopic (exact) mass is 331 g/mol. The molecule has 1 atom stereocenters. The van der Waals surface area contributed by atoms with Crippen LogP contribution >= 0.6 is 11.6 Å². The minimum absolute atomic E-state index is 0.411. The number of carbonyl (C=O) groups excluding carboxylic acids is 2. The summed E-state index contributed by atoms with van der Waals surface area (Å²) in [6.07, 6.45) is -0.915. The second kappa shape index (κ2) is 7.29. The minimum Gasteiger partial charge on any atom is -0.449 e. The van der Waals surface area contributed by atoms with Crippen molar-refractivity contribution in [1.29, 1.82) is 0 Å². The van der Waals surface area contributed by atoms with Crippen molar-refractivity contribution in [2.24, 2.45) is 0 Å². The second-order valence-electron chi connectivity index (χ2n) is 5.29. The first kappa shape index (κ1) is 17.0. The molecule has 0 aliphatic carbocycles. The third-order valence-electron chi connectivity index (χ3n) is 3.57. The van der Waals surface area contributed by atoms with Gasteiger partial charge in [0.2, 0.25) is 0 Å². The first-order valence-corrected chi connectivity index (χ1v) is 7.60. The van der Waals surface area contributed by atoms with Crippen LogP contribution in [0.3, 0.4) is 0 Å². The number of carbonyl (C=O) groups is 2. The van der Waals surface area contributed by atoms with Gasteiger partial charge in [-0.1, -0.05) is 29.8 Å². The summed E-state index contributed by atoms with van der Waals surface area (Å²) in [6.45, 7) is 5.30. The lowest BCUT2D eigenvalue weighted by atomic mass is 10.0. The lowest BCUT2D eigenvalue weighted by Crippen LogP contribution is -2.30. The normalized spacial score (nSPS) is 11.7. The molecule has 5 heteroatoms. The van der Waals surface area contributed by atoms with Crippen molar-refractivity contribution in [2.75, 3.05) is 5.32 Å². The maximum atomic E-state index is 12.2. The first-order valence-electron chi connectivity index (χ1n) is 7.22. The number of hydrogen-bond donors (Lipinski definition) is 1. The van der Waals surface area contributed by atoms with E-state index >= 15 is 0 Å². The maximum Gasteiger partial charge on any atom is 0.339 e. The van der Waals surface area contributed by atoms with Gasteiger partial charge in [0, 0.05) is 10.7 Å². The Bertz CT molecular complexity index is 743. The van der Waals surface area contributed by atoms with Gasteiger partial charge in [0.1, 0.15) is 0 Å². The van der Waals surface area contributed by atoms with E-state index in [9.17, 15) is 9.59 Å². The van der Waals surface area contributed by atoms with Crippen LogP contribution in [-0.2, 0) is 9.53 Å². The molecule has 0 heterocycles. The van der Waals surface area contributed by atoms with Crippen LogP contribution in [0.5, 0.6) is 0 Å². The Labute approximate surface area is 140 Å². The molecular weight excluding hydrogens is 314 g/mol. The van der Waals surface area contributed by atoms with Gasteiger partial charge in [-0.2, -0.15) is 0 Å². The standard InChI is InChI=1S/C18H18ClNO3/c1-11-6-4-9-16(12(11)2)18(22)23-13(3)17(21)20-15-8-5-7-14(19)10-15/h4-10,13H,1-3H3,(H,20,21)/t13-/m1/s1. The fourth-order valence-electron chi connectivity index (χ4n) is 2.06. The molecule has 0 fully saturated rings. The number of nitrogens with one attached hydrogen (secondary N) is 1. The highest BCUT2D eigenvalue weighted by Gasteiger charge is 2.20. The van der Waals surface area contributed by atoms with E-state index in [4.69, 9.17) is 16.3 Å². The van der Waals surface area contributed by atoms with Crippen molar-refractivity contribution in [2.45, 2.75) is 26.9 Å². The Morgan fingerprint density at radius 3 is 2.52 bits per heavy atom. The van der Waals surface area contributed by atoms with Crippen LogP contribution in [0.15, 0.2) is 42.5 Å². The van der Waals surface area contributed by atoms with Crippen LogP contribution in [0.4, 0.5) is 5.69 Å². The topological polar surface area (TPSA) is 55.4 Å². The van der Waals surface area contributed by atoms with Crippen molar-refractivity contribution in [3.8, 4) is 0 Å². The van der Waals surface area contributed by atoms with E-state index in [0.717, 1.165) is 11.1 Å². The smallest absolute Gasteiger partial charge is 0.339 e. The van der Waals surface area contributed by atoms with E-state index in [-0.39, 0.29) is 0 Å². The van der Waals surface area contributed by atoms with E-state index in [2.05, 4.69) is 5.32 Å². The van der Waals surface area contributed by atoms with E-state index in [1.807, 2.05) is 19.9 Å². The number of esters is 1. The van der Waals surface area contributed by atoms with Gasteiger partial charge in [-0.25, -0.2) is 4.79 Å². The summed E-state index contributed by atoms with van der Waals surface area (Å²) in [5.41, 5.74) is 2.86. The number of halogens is 1. The van der Waals surface area contributed by atoms with Crippen molar-refractivity contribution < 1.29 is 14.3 Å². The minimum atomic E-state index is -0.915. The Morgan fingerprint density at radius 1 is 1.13 bits per heavy atom. The van der Waals surface area contributed by atoms with Crippen LogP contribution in [0.25, 0.3) is 0 Å². The largest absolute Gasteiger partial charge is 0.449 e. The SMILES string of the molecule is Cc1cccc(C(=O)O[C@H](C)C(=O)Nc2cccc(Cl)c2)c1C. The van der Waals surface area contributed by atoms with Crippen LogP contribution < -0.4 is 5.32 Å². The third-order valence-corrected chi connectivity index (χ3v) is 3.80. The van der Waals surface area contributed by atoms with Gasteiger partial charge in [-0.15, -0.1) is 0 Å². The summed E-state index contributed by atoms with van der Waals surface area (Å²) in [6, 6.07) is 12.2. The van der Waals surface area contributed by atoms with Gasteiger partial charge in [-0.3, -0.25) is 4.79 Å². The zero-order valence-corrected chi connectivity index (χ0v) is 14.0. The molecule has 0 aliphatic heterocycles. The molecule has 2 rings (SSSR count). The maximum absolute atomic E-state index is 12.2. The number of anilines is 1. The van der Waals surface area contributed by atoms with Gasteiger partial charge >= 0.3 is 5.97 Å². The molecule has 1 amide bonds. The van der Waals surface area contributed by atoms with Crippen LogP contribution in [0, 0.1) is 13.8 Å². The Hall–Kier alpha value is -2.33. The number of hydrogen-bond acceptors (Lipinski definition) is 3. The molecule has 0 spiro atoms. The molecule has 0 aromatic heterocycles. The average Bonchev–Trinajstić information content (AvgIpc) is 2.49. The van der Waals surface area contributed by atoms with Gasteiger partial charge in [0.15, 0.2) is 6.10 Å². The quantitative estimate of drug-likeness (QED) is 0.857. The van der Waals surface area contributed by atoms with E-state index < -0.39 is 18.0 Å². The molecule has 0 bridgehead atoms. The number of benzene rings is 2. The zero-order chi connectivity index (χ0) is 17.0. The summed E-state index contributed by atoms with van der Waals surface area (Å²) in [5.74, 6) is -0.925. The molecule has 2 aromatic rings. The Kier molecular flexibility index (Phi) is 5.40. The highest BCUT2D eigenvalue weighted by atomic mass is 35.5. The summed E-state index contributed by atoms with van der Waals surface area (Å²) in [5, 5.41) is 3.18. The second-order valence-corrected chi connectivity index (χ2v) is 5.73. The molecular formula is C18H18ClNO3. The number of aryl methyl sites for hydroxylation is 1. The molecule has 1 N–H and O–H groups in total. The molecule has 23 heavy (non-hydrogen) atoms. The summed E-state index contributed by atoms with van der Waals surface area (Å²) in [4.78, 5) is 24.3. The Balaban J connectivity index is 2.03. The summed E-state index contributed by atoms with van der Waals surface area (Å²) in [7, 11) is 0. The van der Waals surface area contributed by atoms with E-state index in [1.54, 1.807) is 36.4 Å². The third kappa shape index (κ3) is 4.33. The lowest BCUT2D eigenvalue weighted by Gasteiger charge is -2.15. The highest BCUT2D eigenvalue weighted by Crippen LogP contribution is 2.17. The molecule has 120 valence electrons. The number of amides is 1. The zero-order valence-electron chi connectivity index (χ0n) is 13.2. The molecule has 0 saturated carbocycles. The molecule has 2 aromatic carbocycles. The van der Waals surface area contributed by atoms with Gasteiger partial charge < -0.3 is 10.1 Å². The predicted molar refractivity (Wildman–Crippen MR) is 90.9 cm³/mol. The van der Waals surface area contributed by atoms with Gasteiger partial charge in [0.25, 0.3) is 5.91 Å². The summed E-state index contributed by atoms with van der Waals surface area (Å²) < 4.78 is 5.25. The molecule has 4 nitrogen and oxygen atoms in total. The van der Waals surface area contributed by atoms with Crippen molar-refractivity contribution in [3.05, 3.63) is 64.2 Å². The van der Waals surface area contributed by atoms with Crippen LogP contribution in [0.2, 0.25) is 5.02 Å². The average molecular weight is 332 g/mol. The Morgan fingerprint density at radius 2 is 1.83 bits per heavy atom. The fraction of sp³-hybridized carbons (Fsp3) is 0.222. The molecule has 0 radical (unpaired) electrons. The van der Waals surface area contributed by atoms with Gasteiger partial charge in [-0.05, 0) is 56.2 Å². The predicted octanol–water partition coefficient (Wildman–Crippen LogP) is 4.14. The van der Waals surface area contributed by atoms with Crippen molar-refractivity contribution >= 4 is 29.2 Å². The van der Waals surface area contributed by atoms with Crippen LogP contribution in [0.1, 0.15) is 28.4 Å². The van der Waals surface area contributed by atoms with Crippen LogP contribution in [-0.4, -0.2) is 18.0 Å². The molecule has 0 aliphatic rings. The first-order chi connectivity index (χ1) is 10.9. The lowest BCUT2D eigenvalue weighted by molar-refractivity contribution is -0.123. The van der Waals surface area contributed by atoms with Gasteiger partial charge in [0.05, 0.1) is 5.56 Å². The highest BCUT2D eigenvalue weighted by molar-refractivity contribution is 6.30. The van der Waals surface area contributed by atoms with E-state index in [0.29, 0.717) is 16.3 Å². The number of rotatable bonds is 4. The van der Waals surface area contributed by atoms with E-state index in [1.165, 1.54) is 6.92 Å². The molecule has 0 saturated heterocycles. The summed E-state index contributed by atoms with van der Waals surface area (Å²) >= 11 is 5.87. The van der Waals surface area contributed by atoms with Crippen molar-refractivity contribution in [1.82, 2.24) is 0 Å². The molecule has 0 unspecified atom stereocenters. The fourth-order valence-corrected chi connectivity index (χ4v) is 2.25.